The molecule has 0 amide bonds. The molecule has 0 bridgehead atoms. The summed E-state index contributed by atoms with van der Waals surface area (Å²) in [4.78, 5) is 31.8. The maximum absolute atomic E-state index is 14.6. The van der Waals surface area contributed by atoms with Crippen molar-refractivity contribution in [3.63, 3.8) is 0 Å². The summed E-state index contributed by atoms with van der Waals surface area (Å²) in [6, 6.07) is 21.5. The number of halogens is 2. The van der Waals surface area contributed by atoms with Gasteiger partial charge in [-0.05, 0) is 48.0 Å². The number of aromatic amines is 1. The molecule has 0 aliphatic heterocycles. The number of nitrogens with one attached hydrogen (secondary N) is 1. The Balaban J connectivity index is 1.10. The molecular weight excluding hydrogens is 710 g/mol. The quantitative estimate of drug-likeness (QED) is 0.144. The van der Waals surface area contributed by atoms with E-state index in [-0.39, 0.29) is 42.4 Å². The number of fused-ring (bicyclic) bond motifs is 6. The number of nitrogens with zero attached hydrogens (tertiary/aromatic N) is 8. The van der Waals surface area contributed by atoms with Crippen molar-refractivity contribution < 1.29 is 18.3 Å². The van der Waals surface area contributed by atoms with Crippen molar-refractivity contribution in [3.8, 4) is 17.4 Å². The van der Waals surface area contributed by atoms with Crippen LogP contribution in [-0.2, 0) is 26.7 Å². The van der Waals surface area contributed by atoms with Crippen LogP contribution in [-0.4, -0.2) is 51.0 Å². The standard InChI is InChI=1S/C39H30F2N10O4/c1-48-31-15-33(54-2)30(40)14-27(31)29-17-44-51(38(52)36(29)48)20-24-12-23(46-47-24)19-49-32-13-25(55-35-8-4-7-34(41)45-35)9-10-26(32)28-16-43-50(39(53)37(28)49)18-21-5-3-6-22(42)11-21/h3-17H,18-20,42H2,1-2H3,(H,46,47). The van der Waals surface area contributed by atoms with Crippen LogP contribution in [0.5, 0.6) is 17.4 Å². The van der Waals surface area contributed by atoms with Gasteiger partial charge >= 0.3 is 0 Å². The highest BCUT2D eigenvalue weighted by atomic mass is 19.1. The van der Waals surface area contributed by atoms with E-state index in [9.17, 15) is 18.4 Å². The van der Waals surface area contributed by atoms with Crippen LogP contribution >= 0.6 is 0 Å². The zero-order chi connectivity index (χ0) is 38.0. The number of methoxy groups -OCH3 is 1. The highest BCUT2D eigenvalue weighted by Gasteiger charge is 2.20. The Labute approximate surface area is 308 Å². The Kier molecular flexibility index (Phi) is 7.88. The van der Waals surface area contributed by atoms with Gasteiger partial charge in [-0.2, -0.15) is 24.7 Å². The Hall–Kier alpha value is -7.36. The van der Waals surface area contributed by atoms with Gasteiger partial charge in [-0.1, -0.05) is 18.2 Å². The molecule has 14 nitrogen and oxygen atoms in total. The second-order valence-corrected chi connectivity index (χ2v) is 13.1. The zero-order valence-corrected chi connectivity index (χ0v) is 29.3. The van der Waals surface area contributed by atoms with Gasteiger partial charge in [0.05, 0.1) is 61.6 Å². The molecule has 0 fully saturated rings. The number of aryl methyl sites for hydroxylation is 1. The van der Waals surface area contributed by atoms with Gasteiger partial charge in [-0.3, -0.25) is 14.7 Å². The van der Waals surface area contributed by atoms with Crippen molar-refractivity contribution in [1.29, 1.82) is 0 Å². The average Bonchev–Trinajstić information content (AvgIpc) is 3.82. The fourth-order valence-corrected chi connectivity index (χ4v) is 7.11. The minimum absolute atomic E-state index is 0.0349. The average molecular weight is 741 g/mol. The van der Waals surface area contributed by atoms with Crippen molar-refractivity contribution in [2.75, 3.05) is 12.8 Å². The van der Waals surface area contributed by atoms with Gasteiger partial charge < -0.3 is 24.3 Å². The minimum atomic E-state index is -0.680. The second kappa shape index (κ2) is 12.9. The lowest BCUT2D eigenvalue weighted by Crippen LogP contribution is -2.25. The molecular formula is C39H30F2N10O4. The van der Waals surface area contributed by atoms with E-state index >= 15 is 0 Å². The number of nitrogens with two attached hydrogens (primary N) is 1. The molecule has 0 aliphatic rings. The van der Waals surface area contributed by atoms with Gasteiger partial charge in [-0.25, -0.2) is 13.8 Å². The summed E-state index contributed by atoms with van der Waals surface area (Å²) < 4.78 is 45.7. The molecule has 6 aromatic heterocycles. The van der Waals surface area contributed by atoms with Crippen LogP contribution < -0.4 is 26.3 Å². The molecule has 0 saturated heterocycles. The third kappa shape index (κ3) is 5.80. The van der Waals surface area contributed by atoms with Crippen LogP contribution in [0.3, 0.4) is 0 Å². The fourth-order valence-electron chi connectivity index (χ4n) is 7.11. The van der Waals surface area contributed by atoms with E-state index in [2.05, 4.69) is 25.4 Å². The lowest BCUT2D eigenvalue weighted by molar-refractivity contribution is 0.387. The molecule has 9 aromatic rings. The predicted molar refractivity (Wildman–Crippen MR) is 202 cm³/mol. The van der Waals surface area contributed by atoms with Crippen LogP contribution in [0.1, 0.15) is 17.0 Å². The summed E-state index contributed by atoms with van der Waals surface area (Å²) in [5, 5.41) is 18.8. The number of benzene rings is 3. The summed E-state index contributed by atoms with van der Waals surface area (Å²) in [5.41, 5.74) is 9.83. The first-order chi connectivity index (χ1) is 26.6. The van der Waals surface area contributed by atoms with E-state index in [1.807, 2.05) is 22.8 Å². The first-order valence-corrected chi connectivity index (χ1v) is 17.1. The maximum atomic E-state index is 14.6. The SMILES string of the molecule is COc1cc2c(cc1F)c1cnn(Cc3cc(Cn4c5cc(Oc6cccc(F)n6)ccc5c5cnn(Cc6cccc(N)c6)c(=O)c54)[nH]n3)c(=O)c1n2C. The number of H-pyrrole nitrogens is 1. The summed E-state index contributed by atoms with van der Waals surface area (Å²) in [7, 11) is 3.12. The molecule has 3 N–H and O–H groups in total. The van der Waals surface area contributed by atoms with Crippen molar-refractivity contribution in [1.82, 2.24) is 43.9 Å². The first kappa shape index (κ1) is 33.5. The van der Waals surface area contributed by atoms with Gasteiger partial charge in [0.25, 0.3) is 11.1 Å². The van der Waals surface area contributed by atoms with Crippen LogP contribution in [0.15, 0.2) is 101 Å². The molecule has 0 saturated carbocycles. The van der Waals surface area contributed by atoms with Gasteiger partial charge in [0.1, 0.15) is 16.8 Å². The maximum Gasteiger partial charge on any atom is 0.291 e. The molecule has 0 radical (unpaired) electrons. The molecule has 3 aromatic carbocycles. The molecule has 274 valence electrons. The molecule has 0 unspecified atom stereocenters. The van der Waals surface area contributed by atoms with Crippen molar-refractivity contribution in [2.45, 2.75) is 19.6 Å². The van der Waals surface area contributed by atoms with Crippen molar-refractivity contribution in [2.24, 2.45) is 7.05 Å². The van der Waals surface area contributed by atoms with Crippen molar-refractivity contribution in [3.05, 3.63) is 141 Å². The van der Waals surface area contributed by atoms with Gasteiger partial charge in [-0.15, -0.1) is 0 Å². The van der Waals surface area contributed by atoms with E-state index in [0.717, 1.165) is 10.9 Å². The Morgan fingerprint density at radius 2 is 1.55 bits per heavy atom. The smallest absolute Gasteiger partial charge is 0.291 e. The highest BCUT2D eigenvalue weighted by Crippen LogP contribution is 2.33. The minimum Gasteiger partial charge on any atom is -0.494 e. The number of hydrogen-bond acceptors (Lipinski definition) is 9. The van der Waals surface area contributed by atoms with E-state index < -0.39 is 11.8 Å². The number of hydrogen-bond donors (Lipinski definition) is 2. The third-order valence-corrected chi connectivity index (χ3v) is 9.63. The summed E-state index contributed by atoms with van der Waals surface area (Å²) >= 11 is 0. The number of ether oxygens (including phenoxy) is 2. The zero-order valence-electron chi connectivity index (χ0n) is 29.3. The Morgan fingerprint density at radius 3 is 2.33 bits per heavy atom. The van der Waals surface area contributed by atoms with Crippen LogP contribution in [0.4, 0.5) is 14.5 Å². The Morgan fingerprint density at radius 1 is 0.782 bits per heavy atom. The molecule has 55 heavy (non-hydrogen) atoms. The molecule has 16 heteroatoms. The summed E-state index contributed by atoms with van der Waals surface area (Å²) in [6.07, 6.45) is 3.19. The predicted octanol–water partition coefficient (Wildman–Crippen LogP) is 5.48. The number of rotatable bonds is 9. The van der Waals surface area contributed by atoms with Crippen molar-refractivity contribution >= 4 is 49.3 Å². The summed E-state index contributed by atoms with van der Waals surface area (Å²) in [5.74, 6) is -0.696. The molecule has 0 aliphatic carbocycles. The fraction of sp³-hybridized carbons (Fsp3) is 0.128. The number of aromatic nitrogens is 9. The van der Waals surface area contributed by atoms with Crippen LogP contribution in [0.2, 0.25) is 0 Å². The lowest BCUT2D eigenvalue weighted by atomic mass is 10.2. The monoisotopic (exact) mass is 740 g/mol. The Bertz CT molecular complexity index is 3110. The summed E-state index contributed by atoms with van der Waals surface area (Å²) in [6.45, 7) is 0.401. The number of nitrogen functional groups attached to an aromatic ring is 1. The van der Waals surface area contributed by atoms with Crippen LogP contribution in [0.25, 0.3) is 43.6 Å². The van der Waals surface area contributed by atoms with Gasteiger partial charge in [0.2, 0.25) is 11.8 Å². The molecule has 0 spiro atoms. The van der Waals surface area contributed by atoms with Crippen LogP contribution in [0, 0.1) is 11.8 Å². The molecule has 9 rings (SSSR count). The second-order valence-electron chi connectivity index (χ2n) is 13.1. The molecule has 0 atom stereocenters. The number of anilines is 1. The van der Waals surface area contributed by atoms with E-state index in [0.29, 0.717) is 61.1 Å². The third-order valence-electron chi connectivity index (χ3n) is 9.63. The largest absolute Gasteiger partial charge is 0.494 e. The number of pyridine rings is 1. The van der Waals surface area contributed by atoms with E-state index in [4.69, 9.17) is 15.2 Å². The molecule has 6 heterocycles. The first-order valence-electron chi connectivity index (χ1n) is 17.1. The highest BCUT2D eigenvalue weighted by molar-refractivity contribution is 6.08. The lowest BCUT2D eigenvalue weighted by Gasteiger charge is -2.09. The van der Waals surface area contributed by atoms with E-state index in [1.165, 1.54) is 34.7 Å². The van der Waals surface area contributed by atoms with Gasteiger partial charge in [0.15, 0.2) is 11.6 Å². The van der Waals surface area contributed by atoms with Gasteiger partial charge in [0, 0.05) is 52.5 Å². The normalized spacial score (nSPS) is 11.7. The van der Waals surface area contributed by atoms with E-state index in [1.54, 1.807) is 66.5 Å². The topological polar surface area (TPSA) is 166 Å².